The fraction of sp³-hybridized carbons (Fsp3) is 0.733. The van der Waals surface area contributed by atoms with E-state index in [1.54, 1.807) is 11.3 Å². The largest absolute Gasteiger partial charge is 0.356 e. The Morgan fingerprint density at radius 1 is 1.43 bits per heavy atom. The minimum absolute atomic E-state index is 0.157. The molecular formula is C15H24N4OS. The Morgan fingerprint density at radius 2 is 2.29 bits per heavy atom. The first-order chi connectivity index (χ1) is 10.3. The van der Waals surface area contributed by atoms with Crippen molar-refractivity contribution in [2.24, 2.45) is 0 Å². The van der Waals surface area contributed by atoms with Crippen molar-refractivity contribution in [1.82, 2.24) is 15.6 Å². The zero-order valence-electron chi connectivity index (χ0n) is 12.4. The van der Waals surface area contributed by atoms with Crippen LogP contribution in [0, 0.1) is 0 Å². The predicted molar refractivity (Wildman–Crippen MR) is 85.9 cm³/mol. The molecule has 3 heterocycles. The molecule has 0 spiro atoms. The van der Waals surface area contributed by atoms with Gasteiger partial charge in [-0.15, -0.1) is 11.3 Å². The number of carbonyl (C=O) groups is 1. The first-order valence-electron chi connectivity index (χ1n) is 8.01. The number of hydrogen-bond donors (Lipinski definition) is 2. The van der Waals surface area contributed by atoms with Crippen LogP contribution in [0.25, 0.3) is 0 Å². The van der Waals surface area contributed by atoms with Crippen LogP contribution < -0.4 is 15.5 Å². The Hall–Kier alpha value is -1.14. The van der Waals surface area contributed by atoms with Crippen LogP contribution in [0.4, 0.5) is 5.13 Å². The number of thiazole rings is 1. The van der Waals surface area contributed by atoms with Crippen molar-refractivity contribution < 1.29 is 4.79 Å². The van der Waals surface area contributed by atoms with Crippen molar-refractivity contribution in [2.45, 2.75) is 44.6 Å². The minimum atomic E-state index is 0.157. The van der Waals surface area contributed by atoms with Gasteiger partial charge >= 0.3 is 0 Å². The summed E-state index contributed by atoms with van der Waals surface area (Å²) < 4.78 is 0. The van der Waals surface area contributed by atoms with Crippen LogP contribution in [-0.2, 0) is 11.2 Å². The fourth-order valence-corrected chi connectivity index (χ4v) is 3.94. The molecule has 2 saturated heterocycles. The van der Waals surface area contributed by atoms with Crippen molar-refractivity contribution in [1.29, 1.82) is 0 Å². The number of amides is 1. The van der Waals surface area contributed by atoms with Crippen molar-refractivity contribution in [3.8, 4) is 0 Å². The van der Waals surface area contributed by atoms with Crippen molar-refractivity contribution in [3.05, 3.63) is 11.1 Å². The van der Waals surface area contributed by atoms with Crippen molar-refractivity contribution in [3.63, 3.8) is 0 Å². The summed E-state index contributed by atoms with van der Waals surface area (Å²) in [5.41, 5.74) is 1.10. The average Bonchev–Trinajstić information content (AvgIpc) is 3.21. The Morgan fingerprint density at radius 3 is 3.05 bits per heavy atom. The van der Waals surface area contributed by atoms with E-state index >= 15 is 0 Å². The molecule has 1 aromatic heterocycles. The first-order valence-corrected chi connectivity index (χ1v) is 8.88. The Balaban J connectivity index is 1.37. The van der Waals surface area contributed by atoms with Gasteiger partial charge in [-0.3, -0.25) is 4.79 Å². The standard InChI is InChI=1S/C15H24N4OS/c20-14(10-12-4-3-6-16-12)17-7-5-13-11-21-15(18-13)19-8-1-2-9-19/h11-12,16H,1-10H2,(H,17,20). The summed E-state index contributed by atoms with van der Waals surface area (Å²) in [7, 11) is 0. The van der Waals surface area contributed by atoms with Crippen molar-refractivity contribution in [2.75, 3.05) is 31.1 Å². The van der Waals surface area contributed by atoms with Crippen LogP contribution >= 0.6 is 11.3 Å². The van der Waals surface area contributed by atoms with Crippen LogP contribution in [-0.4, -0.2) is 43.1 Å². The summed E-state index contributed by atoms with van der Waals surface area (Å²) >= 11 is 1.72. The summed E-state index contributed by atoms with van der Waals surface area (Å²) in [5, 5.41) is 9.63. The third-order valence-corrected chi connectivity index (χ3v) is 5.16. The van der Waals surface area contributed by atoms with Gasteiger partial charge in [0, 0.05) is 43.9 Å². The maximum Gasteiger partial charge on any atom is 0.221 e. The fourth-order valence-electron chi connectivity index (χ4n) is 3.02. The highest BCUT2D eigenvalue weighted by atomic mass is 32.1. The Bertz CT molecular complexity index is 464. The van der Waals surface area contributed by atoms with Gasteiger partial charge in [-0.05, 0) is 32.2 Å². The number of nitrogens with one attached hydrogen (secondary N) is 2. The summed E-state index contributed by atoms with van der Waals surface area (Å²) in [6.07, 6.45) is 6.30. The van der Waals surface area contributed by atoms with Crippen LogP contribution in [0.15, 0.2) is 5.38 Å². The second kappa shape index (κ2) is 7.22. The number of rotatable bonds is 6. The van der Waals surface area contributed by atoms with E-state index < -0.39 is 0 Å². The van der Waals surface area contributed by atoms with Gasteiger partial charge in [0.1, 0.15) is 0 Å². The third-order valence-electron chi connectivity index (χ3n) is 4.21. The first kappa shape index (κ1) is 14.8. The van der Waals surface area contributed by atoms with E-state index in [2.05, 4.69) is 25.9 Å². The molecule has 21 heavy (non-hydrogen) atoms. The molecule has 0 saturated carbocycles. The lowest BCUT2D eigenvalue weighted by atomic mass is 10.1. The second-order valence-electron chi connectivity index (χ2n) is 5.91. The van der Waals surface area contributed by atoms with Gasteiger partial charge in [-0.2, -0.15) is 0 Å². The van der Waals surface area contributed by atoms with Crippen LogP contribution in [0.5, 0.6) is 0 Å². The molecule has 2 N–H and O–H groups in total. The maximum absolute atomic E-state index is 11.8. The highest BCUT2D eigenvalue weighted by Crippen LogP contribution is 2.24. The summed E-state index contributed by atoms with van der Waals surface area (Å²) in [4.78, 5) is 18.9. The molecule has 2 aliphatic rings. The molecule has 0 bridgehead atoms. The summed E-state index contributed by atoms with van der Waals surface area (Å²) in [6.45, 7) is 4.01. The smallest absolute Gasteiger partial charge is 0.221 e. The van der Waals surface area contributed by atoms with Gasteiger partial charge in [-0.1, -0.05) is 0 Å². The summed E-state index contributed by atoms with van der Waals surface area (Å²) in [5.74, 6) is 0.157. The highest BCUT2D eigenvalue weighted by Gasteiger charge is 2.18. The molecule has 3 rings (SSSR count). The number of hydrogen-bond acceptors (Lipinski definition) is 5. The van der Waals surface area contributed by atoms with Crippen molar-refractivity contribution >= 4 is 22.4 Å². The maximum atomic E-state index is 11.8. The van der Waals surface area contributed by atoms with E-state index in [-0.39, 0.29) is 5.91 Å². The topological polar surface area (TPSA) is 57.3 Å². The Labute approximate surface area is 130 Å². The lowest BCUT2D eigenvalue weighted by Gasteiger charge is -2.12. The Kier molecular flexibility index (Phi) is 5.08. The van der Waals surface area contributed by atoms with E-state index in [0.717, 1.165) is 43.3 Å². The molecule has 116 valence electrons. The van der Waals surface area contributed by atoms with E-state index in [0.29, 0.717) is 19.0 Å². The quantitative estimate of drug-likeness (QED) is 0.837. The molecule has 0 radical (unpaired) electrons. The molecule has 1 amide bonds. The molecule has 5 nitrogen and oxygen atoms in total. The molecule has 0 aliphatic carbocycles. The highest BCUT2D eigenvalue weighted by molar-refractivity contribution is 7.13. The van der Waals surface area contributed by atoms with Gasteiger partial charge in [0.15, 0.2) is 5.13 Å². The molecule has 2 aliphatic heterocycles. The van der Waals surface area contributed by atoms with E-state index in [4.69, 9.17) is 0 Å². The van der Waals surface area contributed by atoms with Gasteiger partial charge in [0.25, 0.3) is 0 Å². The molecule has 1 aromatic rings. The monoisotopic (exact) mass is 308 g/mol. The van der Waals surface area contributed by atoms with Gasteiger partial charge in [0.05, 0.1) is 5.69 Å². The van der Waals surface area contributed by atoms with Crippen LogP contribution in [0.2, 0.25) is 0 Å². The zero-order chi connectivity index (χ0) is 14.5. The molecule has 6 heteroatoms. The zero-order valence-corrected chi connectivity index (χ0v) is 13.3. The molecule has 2 fully saturated rings. The second-order valence-corrected chi connectivity index (χ2v) is 6.75. The van der Waals surface area contributed by atoms with Gasteiger partial charge in [-0.25, -0.2) is 4.98 Å². The minimum Gasteiger partial charge on any atom is -0.356 e. The van der Waals surface area contributed by atoms with E-state index in [9.17, 15) is 4.79 Å². The van der Waals surface area contributed by atoms with E-state index in [1.807, 2.05) is 0 Å². The molecular weight excluding hydrogens is 284 g/mol. The van der Waals surface area contributed by atoms with E-state index in [1.165, 1.54) is 19.3 Å². The van der Waals surface area contributed by atoms with Gasteiger partial charge < -0.3 is 15.5 Å². The van der Waals surface area contributed by atoms with Crippen LogP contribution in [0.1, 0.15) is 37.8 Å². The molecule has 1 atom stereocenters. The van der Waals surface area contributed by atoms with Crippen LogP contribution in [0.3, 0.4) is 0 Å². The van der Waals surface area contributed by atoms with Gasteiger partial charge in [0.2, 0.25) is 5.91 Å². The molecule has 0 aromatic carbocycles. The number of aromatic nitrogens is 1. The predicted octanol–water partition coefficient (Wildman–Crippen LogP) is 1.54. The normalized spacial score (nSPS) is 21.9. The third kappa shape index (κ3) is 4.17. The summed E-state index contributed by atoms with van der Waals surface area (Å²) in [6, 6.07) is 0.381. The molecule has 1 unspecified atom stereocenters. The average molecular weight is 308 g/mol. The SMILES string of the molecule is O=C(CC1CCCN1)NCCc1csc(N2CCCC2)n1. The lowest BCUT2D eigenvalue weighted by Crippen LogP contribution is -2.32. The number of nitrogens with zero attached hydrogens (tertiary/aromatic N) is 2. The number of carbonyl (C=O) groups excluding carboxylic acids is 1. The number of anilines is 1. The lowest BCUT2D eigenvalue weighted by molar-refractivity contribution is -0.121.